The highest BCUT2D eigenvalue weighted by Gasteiger charge is 2.38. The lowest BCUT2D eigenvalue weighted by molar-refractivity contribution is 0.0753. The molecule has 2 aliphatic carbocycles. The Balaban J connectivity index is 1.91. The van der Waals surface area contributed by atoms with Gasteiger partial charge in [0.05, 0.1) is 6.10 Å². The molecule has 2 saturated carbocycles. The van der Waals surface area contributed by atoms with Crippen LogP contribution < -0.4 is 5.32 Å². The van der Waals surface area contributed by atoms with Gasteiger partial charge in [0.1, 0.15) is 0 Å². The molecule has 0 amide bonds. The second-order valence-electron chi connectivity index (χ2n) is 5.91. The van der Waals surface area contributed by atoms with Crippen molar-refractivity contribution in [2.45, 2.75) is 70.6 Å². The summed E-state index contributed by atoms with van der Waals surface area (Å²) in [6.07, 6.45) is 8.42. The van der Waals surface area contributed by atoms with Gasteiger partial charge in [0, 0.05) is 19.2 Å². The predicted octanol–water partition coefficient (Wildman–Crippen LogP) is 2.72. The van der Waals surface area contributed by atoms with Gasteiger partial charge in [0.25, 0.3) is 0 Å². The van der Waals surface area contributed by atoms with E-state index < -0.39 is 0 Å². The van der Waals surface area contributed by atoms with Crippen molar-refractivity contribution in [3.63, 3.8) is 0 Å². The lowest BCUT2D eigenvalue weighted by Crippen LogP contribution is -2.47. The van der Waals surface area contributed by atoms with Crippen molar-refractivity contribution in [2.24, 2.45) is 5.41 Å². The molecule has 0 aliphatic heterocycles. The Morgan fingerprint density at radius 1 is 1.13 bits per heavy atom. The van der Waals surface area contributed by atoms with Crippen LogP contribution in [0.3, 0.4) is 0 Å². The first-order valence-corrected chi connectivity index (χ1v) is 6.42. The molecule has 2 rings (SSSR count). The molecule has 0 aromatic heterocycles. The Kier molecular flexibility index (Phi) is 3.36. The Morgan fingerprint density at radius 2 is 1.93 bits per heavy atom. The molecular formula is C13H25NO. The third kappa shape index (κ3) is 2.36. The Labute approximate surface area is 93.8 Å². The van der Waals surface area contributed by atoms with Crippen LogP contribution in [0.4, 0.5) is 0 Å². The first-order valence-electron chi connectivity index (χ1n) is 6.42. The van der Waals surface area contributed by atoms with E-state index in [0.717, 1.165) is 0 Å². The summed E-state index contributed by atoms with van der Waals surface area (Å²) in [5.41, 5.74) is 0.487. The predicted molar refractivity (Wildman–Crippen MR) is 63.0 cm³/mol. The van der Waals surface area contributed by atoms with Gasteiger partial charge in [0.2, 0.25) is 0 Å². The Hall–Kier alpha value is -0.0800. The van der Waals surface area contributed by atoms with E-state index in [2.05, 4.69) is 19.2 Å². The second kappa shape index (κ2) is 4.42. The van der Waals surface area contributed by atoms with Gasteiger partial charge >= 0.3 is 0 Å². The minimum absolute atomic E-state index is 0.460. The maximum Gasteiger partial charge on any atom is 0.0724 e. The molecule has 1 N–H and O–H groups in total. The van der Waals surface area contributed by atoms with Crippen molar-refractivity contribution in [1.29, 1.82) is 0 Å². The van der Waals surface area contributed by atoms with Crippen molar-refractivity contribution in [2.75, 3.05) is 7.11 Å². The van der Waals surface area contributed by atoms with Crippen LogP contribution in [-0.4, -0.2) is 25.3 Å². The third-order valence-electron chi connectivity index (χ3n) is 4.43. The van der Waals surface area contributed by atoms with Crippen LogP contribution in [0.2, 0.25) is 0 Å². The summed E-state index contributed by atoms with van der Waals surface area (Å²) in [6, 6.07) is 1.32. The second-order valence-corrected chi connectivity index (χ2v) is 5.91. The summed E-state index contributed by atoms with van der Waals surface area (Å²) in [5.74, 6) is 0. The molecule has 3 unspecified atom stereocenters. The van der Waals surface area contributed by atoms with E-state index in [1.807, 2.05) is 7.11 Å². The zero-order chi connectivity index (χ0) is 10.9. The zero-order valence-corrected chi connectivity index (χ0v) is 10.4. The number of hydrogen-bond acceptors (Lipinski definition) is 2. The summed E-state index contributed by atoms with van der Waals surface area (Å²) in [4.78, 5) is 0. The highest BCUT2D eigenvalue weighted by atomic mass is 16.5. The molecule has 0 saturated heterocycles. The average Bonchev–Trinajstić information content (AvgIpc) is 2.74. The van der Waals surface area contributed by atoms with Gasteiger partial charge in [-0.2, -0.15) is 0 Å². The molecule has 0 bridgehead atoms. The maximum absolute atomic E-state index is 5.54. The monoisotopic (exact) mass is 211 g/mol. The van der Waals surface area contributed by atoms with Crippen LogP contribution in [0.15, 0.2) is 0 Å². The van der Waals surface area contributed by atoms with E-state index in [1.165, 1.54) is 38.5 Å². The molecule has 15 heavy (non-hydrogen) atoms. The molecule has 0 aromatic carbocycles. The van der Waals surface area contributed by atoms with Crippen LogP contribution in [0, 0.1) is 5.41 Å². The number of rotatable bonds is 3. The van der Waals surface area contributed by atoms with Gasteiger partial charge < -0.3 is 10.1 Å². The number of ether oxygens (including phenoxy) is 1. The molecule has 3 atom stereocenters. The smallest absolute Gasteiger partial charge is 0.0724 e. The lowest BCUT2D eigenvalue weighted by Gasteiger charge is -2.32. The molecule has 2 nitrogen and oxygen atoms in total. The Bertz CT molecular complexity index is 215. The molecule has 0 spiro atoms. The van der Waals surface area contributed by atoms with Gasteiger partial charge in [-0.25, -0.2) is 0 Å². The van der Waals surface area contributed by atoms with E-state index in [0.29, 0.717) is 23.6 Å². The van der Waals surface area contributed by atoms with E-state index in [4.69, 9.17) is 4.74 Å². The van der Waals surface area contributed by atoms with E-state index in [1.54, 1.807) is 0 Å². The topological polar surface area (TPSA) is 21.3 Å². The first kappa shape index (κ1) is 11.4. The quantitative estimate of drug-likeness (QED) is 0.775. The summed E-state index contributed by atoms with van der Waals surface area (Å²) >= 11 is 0. The van der Waals surface area contributed by atoms with E-state index in [9.17, 15) is 0 Å². The van der Waals surface area contributed by atoms with Crippen molar-refractivity contribution in [1.82, 2.24) is 5.32 Å². The third-order valence-corrected chi connectivity index (χ3v) is 4.43. The fourth-order valence-corrected chi connectivity index (χ4v) is 3.29. The molecule has 88 valence electrons. The summed E-state index contributed by atoms with van der Waals surface area (Å²) in [7, 11) is 1.85. The first-order chi connectivity index (χ1) is 7.13. The lowest BCUT2D eigenvalue weighted by atomic mass is 9.87. The zero-order valence-electron chi connectivity index (χ0n) is 10.4. The molecule has 0 heterocycles. The van der Waals surface area contributed by atoms with Crippen LogP contribution in [0.25, 0.3) is 0 Å². The van der Waals surface area contributed by atoms with Gasteiger partial charge in [-0.05, 0) is 37.5 Å². The minimum atomic E-state index is 0.460. The van der Waals surface area contributed by atoms with E-state index in [-0.39, 0.29) is 0 Å². The fourth-order valence-electron chi connectivity index (χ4n) is 3.29. The van der Waals surface area contributed by atoms with Gasteiger partial charge in [0.15, 0.2) is 0 Å². The van der Waals surface area contributed by atoms with Crippen LogP contribution in [0.1, 0.15) is 52.4 Å². The molecule has 2 fully saturated rings. The number of hydrogen-bond donors (Lipinski definition) is 1. The number of nitrogens with one attached hydrogen (secondary N) is 1. The molecular weight excluding hydrogens is 186 g/mol. The summed E-state index contributed by atoms with van der Waals surface area (Å²) in [6.45, 7) is 4.79. The average molecular weight is 211 g/mol. The highest BCUT2D eigenvalue weighted by molar-refractivity contribution is 4.95. The minimum Gasteiger partial charge on any atom is -0.380 e. The van der Waals surface area contributed by atoms with Crippen molar-refractivity contribution >= 4 is 0 Å². The van der Waals surface area contributed by atoms with Crippen molar-refractivity contribution < 1.29 is 4.74 Å². The van der Waals surface area contributed by atoms with Gasteiger partial charge in [-0.3, -0.25) is 0 Å². The SMILES string of the molecule is COC1CCCC1NC1CCCC1(C)C. The van der Waals surface area contributed by atoms with Crippen molar-refractivity contribution in [3.8, 4) is 0 Å². The van der Waals surface area contributed by atoms with Gasteiger partial charge in [-0.1, -0.05) is 20.3 Å². The van der Waals surface area contributed by atoms with E-state index >= 15 is 0 Å². The van der Waals surface area contributed by atoms with Crippen molar-refractivity contribution in [3.05, 3.63) is 0 Å². The van der Waals surface area contributed by atoms with Crippen LogP contribution in [-0.2, 0) is 4.74 Å². The molecule has 2 heteroatoms. The normalized spacial score (nSPS) is 39.8. The fraction of sp³-hybridized carbons (Fsp3) is 1.00. The largest absolute Gasteiger partial charge is 0.380 e. The van der Waals surface area contributed by atoms with Gasteiger partial charge in [-0.15, -0.1) is 0 Å². The summed E-state index contributed by atoms with van der Waals surface area (Å²) < 4.78 is 5.54. The highest BCUT2D eigenvalue weighted by Crippen LogP contribution is 2.38. The summed E-state index contributed by atoms with van der Waals surface area (Å²) in [5, 5.41) is 3.84. The Morgan fingerprint density at radius 3 is 2.53 bits per heavy atom. The standard InChI is InChI=1S/C13H25NO/c1-13(2)9-5-8-12(13)14-10-6-4-7-11(10)15-3/h10-12,14H,4-9H2,1-3H3. The van der Waals surface area contributed by atoms with Crippen LogP contribution in [0.5, 0.6) is 0 Å². The molecule has 0 radical (unpaired) electrons. The molecule has 2 aliphatic rings. The number of methoxy groups -OCH3 is 1. The molecule has 0 aromatic rings. The maximum atomic E-state index is 5.54. The van der Waals surface area contributed by atoms with Crippen LogP contribution >= 0.6 is 0 Å².